The van der Waals surface area contributed by atoms with Crippen LogP contribution in [0.15, 0.2) is 16.0 Å². The van der Waals surface area contributed by atoms with Crippen LogP contribution in [0, 0.1) is 6.92 Å². The molecule has 0 saturated carbocycles. The first kappa shape index (κ1) is 8.88. The molecule has 0 aliphatic rings. The minimum Gasteiger partial charge on any atom is -0.296 e. The summed E-state index contributed by atoms with van der Waals surface area (Å²) in [5.41, 5.74) is -0.227. The van der Waals surface area contributed by atoms with E-state index in [1.54, 1.807) is 0 Å². The van der Waals surface area contributed by atoms with Crippen LogP contribution in [-0.2, 0) is 10.0 Å². The third kappa shape index (κ3) is 1.89. The molecule has 7 heteroatoms. The summed E-state index contributed by atoms with van der Waals surface area (Å²) in [7, 11) is -3.91. The van der Waals surface area contributed by atoms with E-state index in [1.165, 1.54) is 13.0 Å². The first-order valence-corrected chi connectivity index (χ1v) is 4.55. The van der Waals surface area contributed by atoms with E-state index >= 15 is 0 Å². The molecule has 0 saturated heterocycles. The van der Waals surface area contributed by atoms with Crippen LogP contribution in [-0.4, -0.2) is 18.4 Å². The van der Waals surface area contributed by atoms with Crippen molar-refractivity contribution in [2.45, 2.75) is 12.1 Å². The van der Waals surface area contributed by atoms with Gasteiger partial charge in [-0.3, -0.25) is 9.78 Å². The van der Waals surface area contributed by atoms with Gasteiger partial charge in [0.2, 0.25) is 5.16 Å². The van der Waals surface area contributed by atoms with E-state index in [2.05, 4.69) is 4.98 Å². The van der Waals surface area contributed by atoms with Gasteiger partial charge in [0.25, 0.3) is 15.6 Å². The van der Waals surface area contributed by atoms with E-state index in [0.717, 1.165) is 0 Å². The molecule has 1 heterocycles. The molecule has 0 aliphatic carbocycles. The van der Waals surface area contributed by atoms with Crippen LogP contribution < -0.4 is 10.7 Å². The molecule has 0 aromatic carbocycles. The number of rotatable bonds is 1. The normalized spacial score (nSPS) is 11.5. The zero-order chi connectivity index (χ0) is 9.35. The number of aromatic nitrogens is 2. The number of hydrogen-bond donors (Lipinski definition) is 2. The molecule has 0 unspecified atom stereocenters. The molecule has 0 spiro atoms. The zero-order valence-corrected chi connectivity index (χ0v) is 7.05. The number of H-pyrrole nitrogens is 1. The van der Waals surface area contributed by atoms with Crippen LogP contribution in [0.25, 0.3) is 0 Å². The van der Waals surface area contributed by atoms with Gasteiger partial charge in [0.15, 0.2) is 0 Å². The summed E-state index contributed by atoms with van der Waals surface area (Å²) in [6.45, 7) is 1.50. The van der Waals surface area contributed by atoms with Gasteiger partial charge in [0.1, 0.15) is 0 Å². The van der Waals surface area contributed by atoms with Gasteiger partial charge in [-0.2, -0.15) is 0 Å². The Hall–Kier alpha value is -1.21. The average molecular weight is 189 g/mol. The monoisotopic (exact) mass is 189 g/mol. The second-order valence-electron chi connectivity index (χ2n) is 2.24. The Morgan fingerprint density at radius 2 is 2.17 bits per heavy atom. The van der Waals surface area contributed by atoms with Gasteiger partial charge < -0.3 is 0 Å². The lowest BCUT2D eigenvalue weighted by Crippen LogP contribution is -2.21. The van der Waals surface area contributed by atoms with Crippen LogP contribution in [0.3, 0.4) is 0 Å². The van der Waals surface area contributed by atoms with Crippen molar-refractivity contribution < 1.29 is 8.42 Å². The molecule has 1 aromatic rings. The number of nitrogens with zero attached hydrogens (tertiary/aromatic N) is 1. The highest BCUT2D eigenvalue weighted by Crippen LogP contribution is 1.94. The molecule has 1 rings (SSSR count). The molecule has 6 nitrogen and oxygen atoms in total. The van der Waals surface area contributed by atoms with Crippen molar-refractivity contribution in [3.8, 4) is 0 Å². The van der Waals surface area contributed by atoms with Gasteiger partial charge in [-0.1, -0.05) is 0 Å². The van der Waals surface area contributed by atoms with Gasteiger partial charge in [-0.05, 0) is 6.92 Å². The minimum atomic E-state index is -3.91. The molecule has 12 heavy (non-hydrogen) atoms. The van der Waals surface area contributed by atoms with E-state index in [1.807, 2.05) is 4.98 Å². The third-order valence-electron chi connectivity index (χ3n) is 1.12. The summed E-state index contributed by atoms with van der Waals surface area (Å²) in [5, 5.41) is 4.23. The van der Waals surface area contributed by atoms with Crippen LogP contribution >= 0.6 is 0 Å². The third-order valence-corrected chi connectivity index (χ3v) is 1.85. The number of aromatic amines is 1. The second kappa shape index (κ2) is 2.68. The minimum absolute atomic E-state index is 0.308. The first-order valence-electron chi connectivity index (χ1n) is 3.00. The zero-order valence-electron chi connectivity index (χ0n) is 6.23. The van der Waals surface area contributed by atoms with Crippen molar-refractivity contribution in [3.63, 3.8) is 0 Å². The van der Waals surface area contributed by atoms with Crippen LogP contribution in [0.2, 0.25) is 0 Å². The second-order valence-corrected chi connectivity index (χ2v) is 3.71. The molecule has 1 aromatic heterocycles. The Balaban J connectivity index is 3.48. The summed E-state index contributed by atoms with van der Waals surface area (Å²) >= 11 is 0. The average Bonchev–Trinajstić information content (AvgIpc) is 1.82. The predicted molar refractivity (Wildman–Crippen MR) is 41.0 cm³/mol. The van der Waals surface area contributed by atoms with Gasteiger partial charge in [0.05, 0.1) is 0 Å². The molecule has 0 amide bonds. The molecule has 0 fully saturated rings. The fourth-order valence-electron chi connectivity index (χ4n) is 0.686. The van der Waals surface area contributed by atoms with Crippen molar-refractivity contribution in [1.29, 1.82) is 0 Å². The summed E-state index contributed by atoms with van der Waals surface area (Å²) in [5.74, 6) is 0. The molecule has 66 valence electrons. The number of nitrogens with one attached hydrogen (secondary N) is 1. The van der Waals surface area contributed by atoms with E-state index < -0.39 is 20.7 Å². The topological polar surface area (TPSA) is 106 Å². The number of sulfonamides is 1. The Labute approximate surface area is 68.5 Å². The van der Waals surface area contributed by atoms with E-state index in [0.29, 0.717) is 5.69 Å². The van der Waals surface area contributed by atoms with E-state index in [9.17, 15) is 13.2 Å². The highest BCUT2D eigenvalue weighted by atomic mass is 32.2. The molecule has 0 radical (unpaired) electrons. The maximum atomic E-state index is 10.7. The first-order chi connectivity index (χ1) is 5.39. The van der Waals surface area contributed by atoms with Gasteiger partial charge in [0, 0.05) is 11.8 Å². The SMILES string of the molecule is Cc1cc(=O)[nH]c(S(N)(=O)=O)n1. The highest BCUT2D eigenvalue weighted by molar-refractivity contribution is 7.89. The number of hydrogen-bond acceptors (Lipinski definition) is 4. The maximum Gasteiger partial charge on any atom is 0.271 e. The lowest BCUT2D eigenvalue weighted by Gasteiger charge is -1.96. The smallest absolute Gasteiger partial charge is 0.271 e. The summed E-state index contributed by atoms with van der Waals surface area (Å²) < 4.78 is 21.4. The van der Waals surface area contributed by atoms with Crippen LogP contribution in [0.5, 0.6) is 0 Å². The number of aryl methyl sites for hydroxylation is 1. The summed E-state index contributed by atoms with van der Waals surface area (Å²) in [6.07, 6.45) is 0. The fraction of sp³-hybridized carbons (Fsp3) is 0.200. The van der Waals surface area contributed by atoms with Crippen molar-refractivity contribution >= 4 is 10.0 Å². The van der Waals surface area contributed by atoms with Gasteiger partial charge in [-0.25, -0.2) is 18.5 Å². The fourth-order valence-corrected chi connectivity index (χ4v) is 1.20. The number of nitrogens with two attached hydrogens (primary N) is 1. The van der Waals surface area contributed by atoms with Crippen LogP contribution in [0.4, 0.5) is 0 Å². The molecular formula is C5H7N3O3S. The van der Waals surface area contributed by atoms with Crippen LogP contribution in [0.1, 0.15) is 5.69 Å². The lowest BCUT2D eigenvalue weighted by molar-refractivity contribution is 0.587. The van der Waals surface area contributed by atoms with Crippen molar-refractivity contribution in [3.05, 3.63) is 22.1 Å². The Kier molecular flexibility index (Phi) is 1.99. The standard InChI is InChI=1S/C5H7N3O3S/c1-3-2-4(9)8-5(7-3)12(6,10)11/h2H,1H3,(H2,6,10,11)(H,7,8,9). The van der Waals surface area contributed by atoms with Crippen molar-refractivity contribution in [2.75, 3.05) is 0 Å². The Morgan fingerprint density at radius 1 is 1.58 bits per heavy atom. The van der Waals surface area contributed by atoms with Gasteiger partial charge in [-0.15, -0.1) is 0 Å². The Bertz CT molecular complexity index is 447. The molecule has 0 atom stereocenters. The lowest BCUT2D eigenvalue weighted by atomic mass is 10.5. The molecular weight excluding hydrogens is 182 g/mol. The van der Waals surface area contributed by atoms with Gasteiger partial charge >= 0.3 is 0 Å². The largest absolute Gasteiger partial charge is 0.296 e. The Morgan fingerprint density at radius 3 is 2.58 bits per heavy atom. The number of primary sulfonamides is 1. The van der Waals surface area contributed by atoms with E-state index in [-0.39, 0.29) is 0 Å². The quantitative estimate of drug-likeness (QED) is 0.537. The summed E-state index contributed by atoms with van der Waals surface area (Å²) in [6, 6.07) is 1.18. The van der Waals surface area contributed by atoms with Crippen molar-refractivity contribution in [2.24, 2.45) is 5.14 Å². The van der Waals surface area contributed by atoms with Crippen molar-refractivity contribution in [1.82, 2.24) is 9.97 Å². The highest BCUT2D eigenvalue weighted by Gasteiger charge is 2.10. The predicted octanol–water partition coefficient (Wildman–Crippen LogP) is -1.27. The summed E-state index contributed by atoms with van der Waals surface area (Å²) in [4.78, 5) is 16.3. The van der Waals surface area contributed by atoms with E-state index in [4.69, 9.17) is 5.14 Å². The molecule has 0 bridgehead atoms. The molecule has 3 N–H and O–H groups in total. The maximum absolute atomic E-state index is 10.7. The molecule has 0 aliphatic heterocycles.